The molecule has 72 valence electrons. The average Bonchev–Trinajstić information content (AvgIpc) is 2.71. The Balaban J connectivity index is 1.78. The lowest BCUT2D eigenvalue weighted by atomic mass is 10.1. The minimum atomic E-state index is 0.779. The molecule has 0 bridgehead atoms. The molecule has 1 atom stereocenters. The number of anilines is 1. The molecule has 1 fully saturated rings. The summed E-state index contributed by atoms with van der Waals surface area (Å²) in [5.74, 6) is 0.779. The van der Waals surface area contributed by atoms with E-state index in [9.17, 15) is 0 Å². The lowest BCUT2D eigenvalue weighted by molar-refractivity contribution is 0.616. The second kappa shape index (κ2) is 4.31. The largest absolute Gasteiger partial charge is 0.377 e. The van der Waals surface area contributed by atoms with Crippen LogP contribution in [0.15, 0.2) is 12.1 Å². The van der Waals surface area contributed by atoms with Crippen LogP contribution >= 0.6 is 22.9 Å². The first kappa shape index (κ1) is 9.31. The fraction of sp³-hybridized carbons (Fsp3) is 0.556. The molecule has 13 heavy (non-hydrogen) atoms. The summed E-state index contributed by atoms with van der Waals surface area (Å²) < 4.78 is 0.854. The maximum atomic E-state index is 5.82. The average molecular weight is 217 g/mol. The quantitative estimate of drug-likeness (QED) is 0.811. The smallest absolute Gasteiger partial charge is 0.0950 e. The van der Waals surface area contributed by atoms with Gasteiger partial charge in [0.1, 0.15) is 0 Å². The summed E-state index contributed by atoms with van der Waals surface area (Å²) >= 11 is 7.43. The first-order valence-electron chi connectivity index (χ1n) is 4.54. The van der Waals surface area contributed by atoms with Gasteiger partial charge in [0.05, 0.1) is 9.34 Å². The third kappa shape index (κ3) is 2.59. The highest BCUT2D eigenvalue weighted by atomic mass is 35.5. The van der Waals surface area contributed by atoms with E-state index in [2.05, 4.69) is 10.6 Å². The molecule has 2 heterocycles. The molecule has 1 aromatic heterocycles. The van der Waals surface area contributed by atoms with Crippen LogP contribution in [-0.2, 0) is 0 Å². The Labute approximate surface area is 87.3 Å². The molecule has 2 nitrogen and oxygen atoms in total. The molecule has 1 aromatic rings. The van der Waals surface area contributed by atoms with Gasteiger partial charge < -0.3 is 10.6 Å². The van der Waals surface area contributed by atoms with Crippen LogP contribution in [0.2, 0.25) is 4.34 Å². The van der Waals surface area contributed by atoms with Gasteiger partial charge in [0.2, 0.25) is 0 Å². The van der Waals surface area contributed by atoms with Crippen LogP contribution in [0.25, 0.3) is 0 Å². The van der Waals surface area contributed by atoms with E-state index in [0.29, 0.717) is 0 Å². The topological polar surface area (TPSA) is 24.1 Å². The summed E-state index contributed by atoms with van der Waals surface area (Å²) in [4.78, 5) is 0. The highest BCUT2D eigenvalue weighted by Gasteiger charge is 2.13. The Morgan fingerprint density at radius 1 is 1.62 bits per heavy atom. The molecule has 2 N–H and O–H groups in total. The van der Waals surface area contributed by atoms with Crippen molar-refractivity contribution in [3.63, 3.8) is 0 Å². The molecule has 0 radical (unpaired) electrons. The zero-order valence-electron chi connectivity index (χ0n) is 7.35. The lowest BCUT2D eigenvalue weighted by Gasteiger charge is -2.08. The number of thiophene rings is 1. The van der Waals surface area contributed by atoms with Crippen LogP contribution < -0.4 is 10.6 Å². The molecule has 1 aliphatic heterocycles. The second-order valence-corrected chi connectivity index (χ2v) is 5.06. The standard InChI is InChI=1S/C9H13ClN2S/c10-8-1-2-9(13-8)12-6-7-3-4-11-5-7/h1-2,7,11-12H,3-6H2. The van der Waals surface area contributed by atoms with Gasteiger partial charge in [-0.1, -0.05) is 11.6 Å². The Kier molecular flexibility index (Phi) is 3.09. The molecule has 0 spiro atoms. The van der Waals surface area contributed by atoms with Gasteiger partial charge in [-0.05, 0) is 37.6 Å². The van der Waals surface area contributed by atoms with Gasteiger partial charge in [-0.15, -0.1) is 11.3 Å². The Morgan fingerprint density at radius 3 is 3.15 bits per heavy atom. The summed E-state index contributed by atoms with van der Waals surface area (Å²) in [6, 6.07) is 3.97. The number of hydrogen-bond donors (Lipinski definition) is 2. The summed E-state index contributed by atoms with van der Waals surface area (Å²) in [5, 5.41) is 7.93. The van der Waals surface area contributed by atoms with Crippen LogP contribution in [0, 0.1) is 5.92 Å². The van der Waals surface area contributed by atoms with Gasteiger partial charge in [-0.2, -0.15) is 0 Å². The van der Waals surface area contributed by atoms with E-state index in [0.717, 1.165) is 29.9 Å². The van der Waals surface area contributed by atoms with Gasteiger partial charge in [0.15, 0.2) is 0 Å². The van der Waals surface area contributed by atoms with E-state index in [4.69, 9.17) is 11.6 Å². The second-order valence-electron chi connectivity index (χ2n) is 3.34. The van der Waals surface area contributed by atoms with E-state index in [-0.39, 0.29) is 0 Å². The van der Waals surface area contributed by atoms with E-state index < -0.39 is 0 Å². The highest BCUT2D eigenvalue weighted by Crippen LogP contribution is 2.26. The van der Waals surface area contributed by atoms with Crippen molar-refractivity contribution in [1.82, 2.24) is 5.32 Å². The minimum absolute atomic E-state index is 0.779. The molecule has 1 aliphatic rings. The number of nitrogens with one attached hydrogen (secondary N) is 2. The maximum Gasteiger partial charge on any atom is 0.0950 e. The monoisotopic (exact) mass is 216 g/mol. The van der Waals surface area contributed by atoms with Crippen LogP contribution in [0.5, 0.6) is 0 Å². The zero-order chi connectivity index (χ0) is 9.10. The van der Waals surface area contributed by atoms with Gasteiger partial charge in [0.25, 0.3) is 0 Å². The number of halogens is 1. The number of rotatable bonds is 3. The van der Waals surface area contributed by atoms with Crippen molar-refractivity contribution in [2.24, 2.45) is 5.92 Å². The van der Waals surface area contributed by atoms with Gasteiger partial charge in [-0.25, -0.2) is 0 Å². The lowest BCUT2D eigenvalue weighted by Crippen LogP contribution is -2.16. The van der Waals surface area contributed by atoms with Crippen LogP contribution in [0.4, 0.5) is 5.00 Å². The summed E-state index contributed by atoms with van der Waals surface area (Å²) in [6.07, 6.45) is 1.28. The van der Waals surface area contributed by atoms with E-state index >= 15 is 0 Å². The SMILES string of the molecule is Clc1ccc(NCC2CCNC2)s1. The van der Waals surface area contributed by atoms with Gasteiger partial charge >= 0.3 is 0 Å². The fourth-order valence-electron chi connectivity index (χ4n) is 1.54. The molecule has 0 amide bonds. The Bertz CT molecular complexity index is 268. The molecule has 0 saturated carbocycles. The zero-order valence-corrected chi connectivity index (χ0v) is 8.92. The fourth-order valence-corrected chi connectivity index (χ4v) is 2.49. The number of hydrogen-bond acceptors (Lipinski definition) is 3. The summed E-state index contributed by atoms with van der Waals surface area (Å²) in [6.45, 7) is 3.37. The molecular weight excluding hydrogens is 204 g/mol. The molecule has 0 aliphatic carbocycles. The van der Waals surface area contributed by atoms with Crippen molar-refractivity contribution >= 4 is 27.9 Å². The first-order valence-corrected chi connectivity index (χ1v) is 5.74. The third-order valence-corrected chi connectivity index (χ3v) is 3.49. The van der Waals surface area contributed by atoms with E-state index in [1.54, 1.807) is 11.3 Å². The van der Waals surface area contributed by atoms with Crippen molar-refractivity contribution in [2.45, 2.75) is 6.42 Å². The Morgan fingerprint density at radius 2 is 2.54 bits per heavy atom. The van der Waals surface area contributed by atoms with E-state index in [1.165, 1.54) is 11.4 Å². The predicted molar refractivity (Wildman–Crippen MR) is 58.8 cm³/mol. The van der Waals surface area contributed by atoms with Crippen molar-refractivity contribution in [3.05, 3.63) is 16.5 Å². The van der Waals surface area contributed by atoms with Crippen LogP contribution in [0.1, 0.15) is 6.42 Å². The molecular formula is C9H13ClN2S. The molecule has 1 unspecified atom stereocenters. The van der Waals surface area contributed by atoms with Gasteiger partial charge in [-0.3, -0.25) is 0 Å². The van der Waals surface area contributed by atoms with Crippen molar-refractivity contribution < 1.29 is 0 Å². The first-order chi connectivity index (χ1) is 6.34. The summed E-state index contributed by atoms with van der Waals surface area (Å²) in [5.41, 5.74) is 0. The minimum Gasteiger partial charge on any atom is -0.377 e. The van der Waals surface area contributed by atoms with E-state index in [1.807, 2.05) is 12.1 Å². The van der Waals surface area contributed by atoms with Crippen LogP contribution in [-0.4, -0.2) is 19.6 Å². The molecule has 4 heteroatoms. The third-order valence-electron chi connectivity index (χ3n) is 2.30. The van der Waals surface area contributed by atoms with Crippen LogP contribution in [0.3, 0.4) is 0 Å². The van der Waals surface area contributed by atoms with Crippen molar-refractivity contribution in [2.75, 3.05) is 25.0 Å². The molecule has 2 rings (SSSR count). The predicted octanol–water partition coefficient (Wildman–Crippen LogP) is 2.42. The van der Waals surface area contributed by atoms with Crippen molar-refractivity contribution in [1.29, 1.82) is 0 Å². The molecule has 1 saturated heterocycles. The Hall–Kier alpha value is -0.250. The van der Waals surface area contributed by atoms with Crippen molar-refractivity contribution in [3.8, 4) is 0 Å². The summed E-state index contributed by atoms with van der Waals surface area (Å²) in [7, 11) is 0. The normalized spacial score (nSPS) is 22.1. The highest BCUT2D eigenvalue weighted by molar-refractivity contribution is 7.19. The maximum absolute atomic E-state index is 5.82. The van der Waals surface area contributed by atoms with Gasteiger partial charge in [0, 0.05) is 6.54 Å². The molecule has 0 aromatic carbocycles.